The average molecular weight is 246 g/mol. The summed E-state index contributed by atoms with van der Waals surface area (Å²) >= 11 is 0. The number of rotatable bonds is 3. The summed E-state index contributed by atoms with van der Waals surface area (Å²) < 4.78 is 63.6. The lowest BCUT2D eigenvalue weighted by atomic mass is 10.2. The number of piperazine rings is 1. The first-order valence-electron chi connectivity index (χ1n) is 4.58. The van der Waals surface area contributed by atoms with Gasteiger partial charge in [0.05, 0.1) is 0 Å². The predicted octanol–water partition coefficient (Wildman–Crippen LogP) is 0.958. The molecule has 1 heterocycles. The zero-order valence-electron chi connectivity index (χ0n) is 8.52. The molecule has 0 aromatic heterocycles. The summed E-state index contributed by atoms with van der Waals surface area (Å²) in [5.41, 5.74) is 0. The van der Waals surface area contributed by atoms with Gasteiger partial charge in [-0.3, -0.25) is 4.79 Å². The van der Waals surface area contributed by atoms with Gasteiger partial charge in [0, 0.05) is 26.2 Å². The maximum Gasteiger partial charge on any atom is 0.412 e. The van der Waals surface area contributed by atoms with E-state index in [9.17, 15) is 26.7 Å². The molecule has 1 saturated heterocycles. The smallest absolute Gasteiger partial charge is 0.304 e. The first kappa shape index (κ1) is 13.3. The summed E-state index contributed by atoms with van der Waals surface area (Å²) in [7, 11) is 1.65. The maximum atomic E-state index is 13.2. The van der Waals surface area contributed by atoms with Crippen molar-refractivity contribution < 1.29 is 26.7 Å². The summed E-state index contributed by atoms with van der Waals surface area (Å²) in [6, 6.07) is -8.09. The Morgan fingerprint density at radius 3 is 1.88 bits per heavy atom. The van der Waals surface area contributed by atoms with Crippen molar-refractivity contribution >= 4 is 6.04 Å². The largest absolute Gasteiger partial charge is 0.412 e. The third kappa shape index (κ3) is 2.17. The monoisotopic (exact) mass is 246 g/mol. The molecule has 94 valence electrons. The van der Waals surface area contributed by atoms with Gasteiger partial charge in [-0.2, -0.15) is 22.0 Å². The van der Waals surface area contributed by atoms with E-state index < -0.39 is 18.0 Å². The Labute approximate surface area is 88.8 Å². The van der Waals surface area contributed by atoms with E-state index in [-0.39, 0.29) is 31.1 Å². The molecule has 0 N–H and O–H groups in total. The summed E-state index contributed by atoms with van der Waals surface area (Å²) in [6.07, 6.45) is 0. The van der Waals surface area contributed by atoms with E-state index in [0.717, 1.165) is 0 Å². The fourth-order valence-electron chi connectivity index (χ4n) is 1.40. The molecule has 0 atom stereocenters. The van der Waals surface area contributed by atoms with Crippen LogP contribution in [0.3, 0.4) is 0 Å². The zero-order chi connectivity index (χ0) is 12.6. The lowest BCUT2D eigenvalue weighted by Gasteiger charge is -2.38. The van der Waals surface area contributed by atoms with Crippen LogP contribution in [0, 0.1) is 0 Å². The Balaban J connectivity index is 2.81. The fourth-order valence-corrected chi connectivity index (χ4v) is 1.40. The van der Waals surface area contributed by atoms with Gasteiger partial charge in [-0.25, -0.2) is 4.90 Å². The molecule has 1 aliphatic heterocycles. The van der Waals surface area contributed by atoms with Crippen LogP contribution >= 0.6 is 0 Å². The van der Waals surface area contributed by atoms with Gasteiger partial charge in [-0.05, 0) is 7.05 Å². The molecule has 0 aromatic rings. The van der Waals surface area contributed by atoms with Crippen molar-refractivity contribution in [3.8, 4) is 0 Å². The van der Waals surface area contributed by atoms with Gasteiger partial charge < -0.3 is 4.90 Å². The number of hydrogen-bond donors (Lipinski definition) is 0. The van der Waals surface area contributed by atoms with Gasteiger partial charge in [-0.15, -0.1) is 0 Å². The number of nitrogens with zero attached hydrogens (tertiary/aromatic N) is 2. The number of alkyl halides is 4. The van der Waals surface area contributed by atoms with Gasteiger partial charge in [0.25, 0.3) is 0 Å². The summed E-state index contributed by atoms with van der Waals surface area (Å²) in [4.78, 5) is 11.7. The minimum Gasteiger partial charge on any atom is -0.304 e. The predicted molar refractivity (Wildman–Crippen MR) is 45.1 cm³/mol. The van der Waals surface area contributed by atoms with Crippen LogP contribution < -0.4 is 0 Å². The molecular formula is C8H11F5N2O. The van der Waals surface area contributed by atoms with Gasteiger partial charge in [0.2, 0.25) is 0 Å². The van der Waals surface area contributed by atoms with E-state index in [1.165, 1.54) is 0 Å². The SMILES string of the molecule is CN1CCN(C(F)(F)C(F)(F)C(=O)F)CC1. The number of carbonyl (C=O) groups is 1. The highest BCUT2D eigenvalue weighted by Gasteiger charge is 2.65. The standard InChI is InChI=1S/C8H11F5N2O/c1-14-2-4-15(5-3-14)8(12,13)7(10,11)6(9)16/h2-5H2,1H3. The second-order valence-corrected chi connectivity index (χ2v) is 3.68. The fraction of sp³-hybridized carbons (Fsp3) is 0.875. The van der Waals surface area contributed by atoms with E-state index in [1.807, 2.05) is 0 Å². The van der Waals surface area contributed by atoms with Crippen LogP contribution in [0.2, 0.25) is 0 Å². The van der Waals surface area contributed by atoms with Crippen molar-refractivity contribution in [3.05, 3.63) is 0 Å². The molecule has 8 heteroatoms. The van der Waals surface area contributed by atoms with Crippen LogP contribution in [-0.4, -0.2) is 61.0 Å². The van der Waals surface area contributed by atoms with Crippen LogP contribution in [0.25, 0.3) is 0 Å². The van der Waals surface area contributed by atoms with E-state index in [4.69, 9.17) is 0 Å². The molecule has 0 aliphatic carbocycles. The number of hydrogen-bond acceptors (Lipinski definition) is 3. The van der Waals surface area contributed by atoms with E-state index in [0.29, 0.717) is 0 Å². The minimum absolute atomic E-state index is 0.129. The second-order valence-electron chi connectivity index (χ2n) is 3.68. The van der Waals surface area contributed by atoms with Crippen molar-refractivity contribution in [3.63, 3.8) is 0 Å². The quantitative estimate of drug-likeness (QED) is 0.421. The van der Waals surface area contributed by atoms with Crippen molar-refractivity contribution in [2.45, 2.75) is 12.0 Å². The molecule has 3 nitrogen and oxygen atoms in total. The molecular weight excluding hydrogens is 235 g/mol. The number of halogens is 5. The Hall–Kier alpha value is -0.760. The molecule has 1 fully saturated rings. The molecule has 1 aliphatic rings. The highest BCUT2D eigenvalue weighted by molar-refractivity contribution is 5.77. The highest BCUT2D eigenvalue weighted by atomic mass is 19.3. The third-order valence-corrected chi connectivity index (χ3v) is 2.53. The normalized spacial score (nSPS) is 21.1. The van der Waals surface area contributed by atoms with E-state index in [1.54, 1.807) is 11.9 Å². The Morgan fingerprint density at radius 2 is 1.50 bits per heavy atom. The number of carbonyl (C=O) groups excluding carboxylic acids is 1. The van der Waals surface area contributed by atoms with Crippen LogP contribution in [0.15, 0.2) is 0 Å². The third-order valence-electron chi connectivity index (χ3n) is 2.53. The molecule has 0 bridgehead atoms. The van der Waals surface area contributed by atoms with Gasteiger partial charge in [-0.1, -0.05) is 0 Å². The summed E-state index contributed by atoms with van der Waals surface area (Å²) in [5.74, 6) is -5.29. The molecule has 0 unspecified atom stereocenters. The molecule has 16 heavy (non-hydrogen) atoms. The summed E-state index contributed by atoms with van der Waals surface area (Å²) in [5, 5.41) is 0. The first-order chi connectivity index (χ1) is 7.19. The van der Waals surface area contributed by atoms with Crippen molar-refractivity contribution in [2.75, 3.05) is 33.2 Å². The Morgan fingerprint density at radius 1 is 1.06 bits per heavy atom. The zero-order valence-corrected chi connectivity index (χ0v) is 8.52. The average Bonchev–Trinajstić information content (AvgIpc) is 2.17. The molecule has 1 rings (SSSR count). The van der Waals surface area contributed by atoms with Gasteiger partial charge in [0.1, 0.15) is 0 Å². The van der Waals surface area contributed by atoms with Gasteiger partial charge >= 0.3 is 18.0 Å². The highest BCUT2D eigenvalue weighted by Crippen LogP contribution is 2.38. The van der Waals surface area contributed by atoms with Crippen LogP contribution in [-0.2, 0) is 4.79 Å². The Kier molecular flexibility index (Phi) is 3.53. The first-order valence-corrected chi connectivity index (χ1v) is 4.58. The topological polar surface area (TPSA) is 23.6 Å². The number of likely N-dealkylation sites (N-methyl/N-ethyl adjacent to an activating group) is 1. The molecule has 0 aromatic carbocycles. The van der Waals surface area contributed by atoms with Crippen LogP contribution in [0.5, 0.6) is 0 Å². The Bertz CT molecular complexity index is 276. The maximum absolute atomic E-state index is 13.2. The molecule has 0 radical (unpaired) electrons. The van der Waals surface area contributed by atoms with Crippen LogP contribution in [0.4, 0.5) is 22.0 Å². The minimum atomic E-state index is -5.29. The molecule has 0 amide bonds. The summed E-state index contributed by atoms with van der Waals surface area (Å²) in [6.45, 7) is -0.364. The van der Waals surface area contributed by atoms with E-state index in [2.05, 4.69) is 0 Å². The lowest BCUT2D eigenvalue weighted by molar-refractivity contribution is -0.281. The van der Waals surface area contributed by atoms with E-state index >= 15 is 0 Å². The lowest BCUT2D eigenvalue weighted by Crippen LogP contribution is -2.61. The van der Waals surface area contributed by atoms with Crippen molar-refractivity contribution in [1.29, 1.82) is 0 Å². The van der Waals surface area contributed by atoms with Crippen molar-refractivity contribution in [1.82, 2.24) is 9.80 Å². The molecule has 0 spiro atoms. The van der Waals surface area contributed by atoms with Gasteiger partial charge in [0.15, 0.2) is 0 Å². The molecule has 0 saturated carbocycles. The van der Waals surface area contributed by atoms with Crippen LogP contribution in [0.1, 0.15) is 0 Å². The van der Waals surface area contributed by atoms with Crippen molar-refractivity contribution in [2.24, 2.45) is 0 Å². The second kappa shape index (κ2) is 4.25.